The van der Waals surface area contributed by atoms with Crippen LogP contribution in [0, 0.1) is 6.42 Å². The van der Waals surface area contributed by atoms with E-state index in [1.54, 1.807) is 0 Å². The third-order valence-corrected chi connectivity index (χ3v) is 2.88. The molecule has 1 radical (unpaired) electrons. The van der Waals surface area contributed by atoms with Crippen LogP contribution in [0.15, 0.2) is 0 Å². The van der Waals surface area contributed by atoms with Gasteiger partial charge in [-0.1, -0.05) is 0 Å². The van der Waals surface area contributed by atoms with Gasteiger partial charge in [0.25, 0.3) is 0 Å². The largest absolute Gasteiger partial charge is 0.350 e. The summed E-state index contributed by atoms with van der Waals surface area (Å²) in [6.45, 7) is 5.36. The van der Waals surface area contributed by atoms with Crippen molar-refractivity contribution < 1.29 is 9.47 Å². The Morgan fingerprint density at radius 3 is 2.57 bits per heavy atom. The lowest BCUT2D eigenvalue weighted by atomic mass is 10.2. The maximum Gasteiger partial charge on any atom is 0.161 e. The predicted molar refractivity (Wildman–Crippen MR) is 54.9 cm³/mol. The molecule has 0 aromatic rings. The fraction of sp³-hybridized carbons (Fsp3) is 0.909. The quantitative estimate of drug-likeness (QED) is 0.624. The first-order valence-corrected chi connectivity index (χ1v) is 5.74. The van der Waals surface area contributed by atoms with Crippen molar-refractivity contribution in [3.63, 3.8) is 0 Å². The van der Waals surface area contributed by atoms with E-state index in [1.807, 2.05) is 0 Å². The van der Waals surface area contributed by atoms with Gasteiger partial charge in [-0.25, -0.2) is 0 Å². The number of ether oxygens (including phenoxy) is 2. The highest BCUT2D eigenvalue weighted by molar-refractivity contribution is 4.74. The Bertz CT molecular complexity index is 133. The molecule has 0 spiro atoms. The molecule has 0 bridgehead atoms. The normalized spacial score (nSPS) is 24.9. The zero-order chi connectivity index (χ0) is 9.64. The maximum atomic E-state index is 5.33. The molecule has 2 fully saturated rings. The molecule has 0 saturated carbocycles. The van der Waals surface area contributed by atoms with Crippen LogP contribution in [-0.2, 0) is 9.47 Å². The van der Waals surface area contributed by atoms with Gasteiger partial charge in [-0.15, -0.1) is 0 Å². The Morgan fingerprint density at radius 2 is 1.86 bits per heavy atom. The predicted octanol–water partition coefficient (Wildman–Crippen LogP) is 1.44. The molecule has 2 saturated heterocycles. The van der Waals surface area contributed by atoms with Crippen LogP contribution in [0.3, 0.4) is 0 Å². The van der Waals surface area contributed by atoms with Crippen LogP contribution in [0.1, 0.15) is 25.7 Å². The van der Waals surface area contributed by atoms with Crippen LogP contribution in [0.4, 0.5) is 0 Å². The minimum Gasteiger partial charge on any atom is -0.350 e. The molecule has 3 heteroatoms. The number of likely N-dealkylation sites (tertiary alicyclic amines) is 1. The summed E-state index contributed by atoms with van der Waals surface area (Å²) < 4.78 is 10.7. The van der Waals surface area contributed by atoms with Gasteiger partial charge in [0.05, 0.1) is 13.2 Å². The molecule has 2 heterocycles. The monoisotopic (exact) mass is 198 g/mol. The number of hydrogen-bond donors (Lipinski definition) is 0. The lowest BCUT2D eigenvalue weighted by Crippen LogP contribution is -2.20. The Hall–Kier alpha value is -0.120. The third-order valence-electron chi connectivity index (χ3n) is 2.88. The van der Waals surface area contributed by atoms with E-state index in [2.05, 4.69) is 11.3 Å². The highest BCUT2D eigenvalue weighted by Gasteiger charge is 2.16. The van der Waals surface area contributed by atoms with Gasteiger partial charge in [0.2, 0.25) is 0 Å². The Morgan fingerprint density at radius 1 is 1.14 bits per heavy atom. The molecular formula is C11H20NO2. The number of nitrogens with zero attached hydrogens (tertiary/aromatic N) is 1. The number of hydrogen-bond acceptors (Lipinski definition) is 3. The van der Waals surface area contributed by atoms with E-state index in [0.717, 1.165) is 19.6 Å². The smallest absolute Gasteiger partial charge is 0.161 e. The van der Waals surface area contributed by atoms with Gasteiger partial charge in [-0.05, 0) is 45.3 Å². The van der Waals surface area contributed by atoms with Gasteiger partial charge >= 0.3 is 0 Å². The minimum atomic E-state index is -0.0198. The lowest BCUT2D eigenvalue weighted by molar-refractivity contribution is -0.0171. The molecule has 0 unspecified atom stereocenters. The van der Waals surface area contributed by atoms with Gasteiger partial charge in [0, 0.05) is 6.42 Å². The summed E-state index contributed by atoms with van der Waals surface area (Å²) in [5, 5.41) is 0. The molecule has 2 rings (SSSR count). The average Bonchev–Trinajstić information content (AvgIpc) is 2.86. The first-order valence-electron chi connectivity index (χ1n) is 5.74. The molecule has 2 aliphatic rings. The summed E-state index contributed by atoms with van der Waals surface area (Å²) in [5.74, 6) is 0. The fourth-order valence-corrected chi connectivity index (χ4v) is 2.09. The first-order chi connectivity index (χ1) is 6.95. The van der Waals surface area contributed by atoms with E-state index in [1.165, 1.54) is 38.9 Å². The van der Waals surface area contributed by atoms with Crippen LogP contribution in [0.5, 0.6) is 0 Å². The van der Waals surface area contributed by atoms with Crippen molar-refractivity contribution in [1.29, 1.82) is 0 Å². The highest BCUT2D eigenvalue weighted by atomic mass is 16.7. The van der Waals surface area contributed by atoms with Crippen LogP contribution < -0.4 is 0 Å². The Balaban J connectivity index is 1.46. The van der Waals surface area contributed by atoms with Crippen LogP contribution in [0.25, 0.3) is 0 Å². The summed E-state index contributed by atoms with van der Waals surface area (Å²) in [4.78, 5) is 2.55. The zero-order valence-electron chi connectivity index (χ0n) is 8.78. The van der Waals surface area contributed by atoms with Gasteiger partial charge in [-0.2, -0.15) is 0 Å². The zero-order valence-corrected chi connectivity index (χ0v) is 8.78. The summed E-state index contributed by atoms with van der Waals surface area (Å²) in [5.41, 5.74) is 0. The Kier molecular flexibility index (Phi) is 4.22. The summed E-state index contributed by atoms with van der Waals surface area (Å²) in [6.07, 6.45) is 7.26. The topological polar surface area (TPSA) is 21.7 Å². The van der Waals surface area contributed by atoms with Gasteiger partial charge < -0.3 is 14.4 Å². The van der Waals surface area contributed by atoms with Crippen molar-refractivity contribution >= 4 is 0 Å². The second-order valence-electron chi connectivity index (χ2n) is 4.04. The van der Waals surface area contributed by atoms with Crippen molar-refractivity contribution in [2.75, 3.05) is 32.8 Å². The standard InChI is InChI=1S/C11H20NO2/c1(5-11-13-9-10-14-11)2-6-12-7-3-4-8-12/h5,11H,1-4,6-10H2. The molecule has 81 valence electrons. The molecule has 0 N–H and O–H groups in total. The molecule has 0 amide bonds. The van der Waals surface area contributed by atoms with E-state index in [-0.39, 0.29) is 6.29 Å². The van der Waals surface area contributed by atoms with Gasteiger partial charge in [-0.3, -0.25) is 0 Å². The van der Waals surface area contributed by atoms with Crippen molar-refractivity contribution in [2.45, 2.75) is 32.0 Å². The van der Waals surface area contributed by atoms with E-state index >= 15 is 0 Å². The van der Waals surface area contributed by atoms with E-state index in [4.69, 9.17) is 9.47 Å². The number of unbranched alkanes of at least 4 members (excludes halogenated alkanes) is 1. The van der Waals surface area contributed by atoms with Crippen LogP contribution >= 0.6 is 0 Å². The average molecular weight is 198 g/mol. The second kappa shape index (κ2) is 5.69. The molecule has 0 aromatic carbocycles. The second-order valence-corrected chi connectivity index (χ2v) is 4.04. The third kappa shape index (κ3) is 3.23. The van der Waals surface area contributed by atoms with E-state index in [0.29, 0.717) is 0 Å². The van der Waals surface area contributed by atoms with E-state index in [9.17, 15) is 0 Å². The molecule has 2 aliphatic heterocycles. The van der Waals surface area contributed by atoms with Crippen LogP contribution in [0.2, 0.25) is 0 Å². The lowest BCUT2D eigenvalue weighted by Gasteiger charge is -2.14. The first kappa shape index (κ1) is 10.4. The number of rotatable bonds is 5. The Labute approximate surface area is 86.4 Å². The summed E-state index contributed by atoms with van der Waals surface area (Å²) in [7, 11) is 0. The fourth-order valence-electron chi connectivity index (χ4n) is 2.09. The molecule has 14 heavy (non-hydrogen) atoms. The molecule has 0 atom stereocenters. The maximum absolute atomic E-state index is 5.33. The molecule has 3 nitrogen and oxygen atoms in total. The summed E-state index contributed by atoms with van der Waals surface area (Å²) >= 11 is 0. The van der Waals surface area contributed by atoms with Crippen molar-refractivity contribution in [3.05, 3.63) is 6.42 Å². The van der Waals surface area contributed by atoms with Gasteiger partial charge in [0.1, 0.15) is 0 Å². The molecule has 0 aromatic heterocycles. The van der Waals surface area contributed by atoms with E-state index < -0.39 is 0 Å². The van der Waals surface area contributed by atoms with Crippen molar-refractivity contribution in [3.8, 4) is 0 Å². The van der Waals surface area contributed by atoms with Gasteiger partial charge in [0.15, 0.2) is 6.29 Å². The molecule has 0 aliphatic carbocycles. The minimum absolute atomic E-state index is 0.0198. The highest BCUT2D eigenvalue weighted by Crippen LogP contribution is 2.12. The summed E-state index contributed by atoms with van der Waals surface area (Å²) in [6, 6.07) is 0. The van der Waals surface area contributed by atoms with Crippen LogP contribution in [-0.4, -0.2) is 44.0 Å². The molecular weight excluding hydrogens is 178 g/mol. The van der Waals surface area contributed by atoms with Crippen molar-refractivity contribution in [2.24, 2.45) is 0 Å². The van der Waals surface area contributed by atoms with Crippen molar-refractivity contribution in [1.82, 2.24) is 4.90 Å². The SMILES string of the molecule is [CH](CCCN1CCCC1)C1OCCO1.